The SMILES string of the molecule is Cc1cc(-n2c(C)cc(C(=O)N3CCC(C(=O)O)(C(F)(F)F)C3)c2C)no1. The maximum atomic E-state index is 13.3. The summed E-state index contributed by atoms with van der Waals surface area (Å²) in [5.41, 5.74) is -1.58. The van der Waals surface area contributed by atoms with Crippen molar-refractivity contribution in [3.63, 3.8) is 0 Å². The van der Waals surface area contributed by atoms with Gasteiger partial charge in [0.2, 0.25) is 0 Å². The van der Waals surface area contributed by atoms with Gasteiger partial charge >= 0.3 is 12.1 Å². The molecule has 0 radical (unpaired) electrons. The maximum absolute atomic E-state index is 13.3. The molecular formula is C17H18F3N3O4. The van der Waals surface area contributed by atoms with Gasteiger partial charge in [0.25, 0.3) is 5.91 Å². The van der Waals surface area contributed by atoms with E-state index in [4.69, 9.17) is 9.63 Å². The van der Waals surface area contributed by atoms with Crippen LogP contribution in [0.3, 0.4) is 0 Å². The summed E-state index contributed by atoms with van der Waals surface area (Å²) >= 11 is 0. The minimum Gasteiger partial charge on any atom is -0.481 e. The molecule has 1 atom stereocenters. The van der Waals surface area contributed by atoms with Crippen LogP contribution in [0.25, 0.3) is 5.82 Å². The van der Waals surface area contributed by atoms with Crippen LogP contribution in [0.2, 0.25) is 0 Å². The molecule has 146 valence electrons. The Labute approximate surface area is 152 Å². The summed E-state index contributed by atoms with van der Waals surface area (Å²) in [5.74, 6) is -1.57. The van der Waals surface area contributed by atoms with Crippen LogP contribution >= 0.6 is 0 Å². The first-order chi connectivity index (χ1) is 12.5. The van der Waals surface area contributed by atoms with Crippen LogP contribution in [0, 0.1) is 26.2 Å². The summed E-state index contributed by atoms with van der Waals surface area (Å²) < 4.78 is 46.7. The molecule has 1 fully saturated rings. The first-order valence-corrected chi connectivity index (χ1v) is 8.20. The molecule has 0 aromatic carbocycles. The molecule has 3 heterocycles. The van der Waals surface area contributed by atoms with Gasteiger partial charge in [0.05, 0.1) is 5.56 Å². The second-order valence-corrected chi connectivity index (χ2v) is 6.78. The number of amides is 1. The number of hydrogen-bond donors (Lipinski definition) is 1. The molecule has 2 aromatic heterocycles. The molecule has 0 aliphatic carbocycles. The molecule has 1 saturated heterocycles. The third-order valence-electron chi connectivity index (χ3n) is 5.01. The van der Waals surface area contributed by atoms with Gasteiger partial charge in [0.15, 0.2) is 11.2 Å². The van der Waals surface area contributed by atoms with Crippen LogP contribution in [-0.4, -0.2) is 50.9 Å². The highest BCUT2D eigenvalue weighted by atomic mass is 19.4. The number of aromatic nitrogens is 2. The predicted octanol–water partition coefficient (Wildman–Crippen LogP) is 2.87. The number of likely N-dealkylation sites (tertiary alicyclic amines) is 1. The second kappa shape index (κ2) is 6.14. The number of carbonyl (C=O) groups excluding carboxylic acids is 1. The summed E-state index contributed by atoms with van der Waals surface area (Å²) in [7, 11) is 0. The lowest BCUT2D eigenvalue weighted by Gasteiger charge is -2.27. The van der Waals surface area contributed by atoms with Crippen molar-refractivity contribution in [3.8, 4) is 5.82 Å². The van der Waals surface area contributed by atoms with Crippen molar-refractivity contribution in [2.24, 2.45) is 5.41 Å². The molecule has 7 nitrogen and oxygen atoms in total. The Morgan fingerprint density at radius 1 is 1.26 bits per heavy atom. The fourth-order valence-electron chi connectivity index (χ4n) is 3.47. The molecule has 0 spiro atoms. The van der Waals surface area contributed by atoms with Gasteiger partial charge in [0.1, 0.15) is 5.76 Å². The Bertz CT molecular complexity index is 915. The zero-order chi connectivity index (χ0) is 20.1. The van der Waals surface area contributed by atoms with E-state index in [1.807, 2.05) is 0 Å². The van der Waals surface area contributed by atoms with Gasteiger partial charge in [-0.05, 0) is 33.3 Å². The summed E-state index contributed by atoms with van der Waals surface area (Å²) in [5, 5.41) is 13.0. The van der Waals surface area contributed by atoms with Crippen LogP contribution in [0.5, 0.6) is 0 Å². The molecule has 1 unspecified atom stereocenters. The number of hydrogen-bond acceptors (Lipinski definition) is 4. The fraction of sp³-hybridized carbons (Fsp3) is 0.471. The Balaban J connectivity index is 1.93. The number of halogens is 3. The maximum Gasteiger partial charge on any atom is 0.406 e. The predicted molar refractivity (Wildman–Crippen MR) is 86.7 cm³/mol. The molecule has 10 heteroatoms. The van der Waals surface area contributed by atoms with Gasteiger partial charge in [-0.25, -0.2) is 0 Å². The Morgan fingerprint density at radius 2 is 1.93 bits per heavy atom. The van der Waals surface area contributed by atoms with Crippen molar-refractivity contribution in [3.05, 3.63) is 34.8 Å². The van der Waals surface area contributed by atoms with Crippen molar-refractivity contribution in [1.82, 2.24) is 14.6 Å². The number of carbonyl (C=O) groups is 2. The molecule has 1 aliphatic rings. The van der Waals surface area contributed by atoms with Crippen molar-refractivity contribution < 1.29 is 32.4 Å². The van der Waals surface area contributed by atoms with E-state index in [0.29, 0.717) is 23.0 Å². The minimum atomic E-state index is -4.94. The minimum absolute atomic E-state index is 0.205. The first kappa shape index (κ1) is 19.0. The normalized spacial score (nSPS) is 20.3. The van der Waals surface area contributed by atoms with Crippen LogP contribution < -0.4 is 0 Å². The van der Waals surface area contributed by atoms with Crippen molar-refractivity contribution >= 4 is 11.9 Å². The van der Waals surface area contributed by atoms with Crippen molar-refractivity contribution in [2.75, 3.05) is 13.1 Å². The molecule has 27 heavy (non-hydrogen) atoms. The van der Waals surface area contributed by atoms with Crippen LogP contribution in [-0.2, 0) is 4.79 Å². The number of rotatable bonds is 3. The molecule has 1 N–H and O–H groups in total. The molecule has 2 aromatic rings. The quantitative estimate of drug-likeness (QED) is 0.878. The standard InChI is InChI=1S/C17H18F3N3O4/c1-9-6-12(11(3)23(9)13-7-10(2)27-21-13)14(24)22-5-4-16(8-22,15(25)26)17(18,19)20/h6-7H,4-5,8H2,1-3H3,(H,25,26). The molecule has 0 bridgehead atoms. The van der Waals surface area contributed by atoms with Gasteiger partial charge in [0, 0.05) is 30.5 Å². The van der Waals surface area contributed by atoms with Crippen LogP contribution in [0.4, 0.5) is 13.2 Å². The van der Waals surface area contributed by atoms with Gasteiger partial charge in [-0.3, -0.25) is 14.2 Å². The second-order valence-electron chi connectivity index (χ2n) is 6.78. The lowest BCUT2D eigenvalue weighted by Crippen LogP contribution is -2.47. The topological polar surface area (TPSA) is 88.6 Å². The molecule has 3 rings (SSSR count). The Hall–Kier alpha value is -2.78. The number of carboxylic acid groups (broad SMARTS) is 1. The van der Waals surface area contributed by atoms with Crippen molar-refractivity contribution in [1.29, 1.82) is 0 Å². The molecule has 0 saturated carbocycles. The highest BCUT2D eigenvalue weighted by molar-refractivity contribution is 5.96. The summed E-state index contributed by atoms with van der Waals surface area (Å²) in [6.45, 7) is 3.90. The summed E-state index contributed by atoms with van der Waals surface area (Å²) in [6, 6.07) is 3.22. The lowest BCUT2D eigenvalue weighted by atomic mass is 9.86. The van der Waals surface area contributed by atoms with Crippen LogP contribution in [0.15, 0.2) is 16.7 Å². The van der Waals surface area contributed by atoms with E-state index in [2.05, 4.69) is 5.16 Å². The fourth-order valence-corrected chi connectivity index (χ4v) is 3.47. The number of nitrogens with zero attached hydrogens (tertiary/aromatic N) is 3. The number of carboxylic acids is 1. The average molecular weight is 385 g/mol. The number of aryl methyl sites for hydroxylation is 2. The van der Waals surface area contributed by atoms with E-state index in [9.17, 15) is 22.8 Å². The highest BCUT2D eigenvalue weighted by Crippen LogP contribution is 2.46. The highest BCUT2D eigenvalue weighted by Gasteiger charge is 2.64. The first-order valence-electron chi connectivity index (χ1n) is 8.20. The lowest BCUT2D eigenvalue weighted by molar-refractivity contribution is -0.227. The van der Waals surface area contributed by atoms with E-state index in [0.717, 1.165) is 4.90 Å². The van der Waals surface area contributed by atoms with E-state index < -0.39 is 36.4 Å². The van der Waals surface area contributed by atoms with Gasteiger partial charge in [-0.2, -0.15) is 13.2 Å². The van der Waals surface area contributed by atoms with E-state index in [1.165, 1.54) is 0 Å². The third-order valence-corrected chi connectivity index (χ3v) is 5.01. The molecule has 1 amide bonds. The monoisotopic (exact) mass is 385 g/mol. The zero-order valence-corrected chi connectivity index (χ0v) is 14.9. The summed E-state index contributed by atoms with van der Waals surface area (Å²) in [6.07, 6.45) is -5.61. The number of aliphatic carboxylic acids is 1. The van der Waals surface area contributed by atoms with Crippen LogP contribution in [0.1, 0.15) is 33.9 Å². The van der Waals surface area contributed by atoms with Gasteiger partial charge in [-0.1, -0.05) is 5.16 Å². The smallest absolute Gasteiger partial charge is 0.406 e. The largest absolute Gasteiger partial charge is 0.481 e. The molecular weight excluding hydrogens is 367 g/mol. The van der Waals surface area contributed by atoms with E-state index in [-0.39, 0.29) is 12.1 Å². The number of alkyl halides is 3. The van der Waals surface area contributed by atoms with Gasteiger partial charge in [-0.15, -0.1) is 0 Å². The van der Waals surface area contributed by atoms with Gasteiger partial charge < -0.3 is 14.5 Å². The van der Waals surface area contributed by atoms with E-state index >= 15 is 0 Å². The Kier molecular flexibility index (Phi) is 4.32. The van der Waals surface area contributed by atoms with E-state index in [1.54, 1.807) is 37.5 Å². The molecule has 1 aliphatic heterocycles. The average Bonchev–Trinajstić information content (AvgIpc) is 3.24. The van der Waals surface area contributed by atoms with Crippen molar-refractivity contribution in [2.45, 2.75) is 33.4 Å². The Morgan fingerprint density at radius 3 is 2.41 bits per heavy atom. The summed E-state index contributed by atoms with van der Waals surface area (Å²) in [4.78, 5) is 25.1. The zero-order valence-electron chi connectivity index (χ0n) is 14.9. The third kappa shape index (κ3) is 2.88.